The molecule has 0 unspecified atom stereocenters. The number of thioether (sulfide) groups is 1. The predicted molar refractivity (Wildman–Crippen MR) is 103 cm³/mol. The van der Waals surface area contributed by atoms with Crippen molar-refractivity contribution in [2.24, 2.45) is 0 Å². The van der Waals surface area contributed by atoms with Gasteiger partial charge in [0.05, 0.1) is 16.8 Å². The van der Waals surface area contributed by atoms with E-state index < -0.39 is 0 Å². The van der Waals surface area contributed by atoms with E-state index in [0.29, 0.717) is 11.3 Å². The summed E-state index contributed by atoms with van der Waals surface area (Å²) in [6, 6.07) is 12.2. The molecule has 1 aromatic carbocycles. The van der Waals surface area contributed by atoms with E-state index in [1.165, 1.54) is 22.1 Å². The maximum absolute atomic E-state index is 8.88. The topological polar surface area (TPSA) is 66.9 Å². The Hall–Kier alpha value is -2.91. The van der Waals surface area contributed by atoms with Gasteiger partial charge in [-0.05, 0) is 56.2 Å². The second-order valence-corrected chi connectivity index (χ2v) is 7.36. The summed E-state index contributed by atoms with van der Waals surface area (Å²) in [5, 5.41) is 19.7. The molecule has 0 spiro atoms. The molecule has 0 bridgehead atoms. The lowest BCUT2D eigenvalue weighted by Crippen LogP contribution is -1.97. The zero-order valence-corrected chi connectivity index (χ0v) is 15.6. The number of pyridine rings is 2. The first kappa shape index (κ1) is 16.6. The number of nitriles is 1. The molecule has 128 valence electrons. The summed E-state index contributed by atoms with van der Waals surface area (Å²) in [6.07, 6.45) is 1.60. The summed E-state index contributed by atoms with van der Waals surface area (Å²) in [5.74, 6) is 0.673. The van der Waals surface area contributed by atoms with Crippen molar-refractivity contribution in [2.45, 2.75) is 31.7 Å². The Morgan fingerprint density at radius 2 is 1.92 bits per heavy atom. The molecule has 26 heavy (non-hydrogen) atoms. The summed E-state index contributed by atoms with van der Waals surface area (Å²) < 4.78 is 2.13. The van der Waals surface area contributed by atoms with Gasteiger partial charge in [-0.25, -0.2) is 0 Å². The molecular formula is C20H17N5S. The summed E-state index contributed by atoms with van der Waals surface area (Å²) >= 11 is 1.60. The molecule has 4 rings (SSSR count). The molecule has 0 N–H and O–H groups in total. The maximum atomic E-state index is 8.88. The minimum absolute atomic E-state index is 0.569. The van der Waals surface area contributed by atoms with Gasteiger partial charge < -0.3 is 0 Å². The summed E-state index contributed by atoms with van der Waals surface area (Å²) in [5.41, 5.74) is 7.17. The molecule has 3 aromatic heterocycles. The fraction of sp³-hybridized carbons (Fsp3) is 0.200. The van der Waals surface area contributed by atoms with E-state index in [2.05, 4.69) is 64.6 Å². The Labute approximate surface area is 155 Å². The molecule has 0 aliphatic heterocycles. The summed E-state index contributed by atoms with van der Waals surface area (Å²) in [7, 11) is 0. The molecular weight excluding hydrogens is 342 g/mol. The molecule has 0 aliphatic carbocycles. The highest BCUT2D eigenvalue weighted by molar-refractivity contribution is 7.98. The number of nitrogens with zero attached hydrogens (tertiary/aromatic N) is 5. The van der Waals surface area contributed by atoms with Crippen LogP contribution in [0.2, 0.25) is 0 Å². The number of benzene rings is 1. The molecule has 5 nitrogen and oxygen atoms in total. The molecule has 0 atom stereocenters. The van der Waals surface area contributed by atoms with Gasteiger partial charge in [0.2, 0.25) is 0 Å². The third-order valence-electron chi connectivity index (χ3n) is 4.40. The molecule has 0 amide bonds. The fourth-order valence-corrected chi connectivity index (χ4v) is 4.08. The lowest BCUT2D eigenvalue weighted by molar-refractivity contribution is 0.936. The van der Waals surface area contributed by atoms with Crippen LogP contribution in [0.1, 0.15) is 27.9 Å². The molecule has 0 radical (unpaired) electrons. The normalized spacial score (nSPS) is 11.2. The second kappa shape index (κ2) is 6.43. The Bertz CT molecular complexity index is 1170. The zero-order valence-electron chi connectivity index (χ0n) is 14.8. The smallest absolute Gasteiger partial charge is 0.196 e. The first-order valence-corrected chi connectivity index (χ1v) is 9.29. The first-order chi connectivity index (χ1) is 12.6. The van der Waals surface area contributed by atoms with Crippen LogP contribution < -0.4 is 0 Å². The number of aromatic nitrogens is 4. The highest BCUT2D eigenvalue weighted by Gasteiger charge is 2.14. The van der Waals surface area contributed by atoms with E-state index in [-0.39, 0.29) is 0 Å². The van der Waals surface area contributed by atoms with E-state index in [9.17, 15) is 0 Å². The van der Waals surface area contributed by atoms with Crippen molar-refractivity contribution in [3.63, 3.8) is 0 Å². The van der Waals surface area contributed by atoms with Gasteiger partial charge in [0, 0.05) is 17.3 Å². The molecule has 0 fully saturated rings. The second-order valence-electron chi connectivity index (χ2n) is 6.42. The van der Waals surface area contributed by atoms with Crippen molar-refractivity contribution in [2.75, 3.05) is 0 Å². The molecule has 0 aliphatic rings. The zero-order chi connectivity index (χ0) is 18.3. The average molecular weight is 359 g/mol. The number of hydrogen-bond donors (Lipinski definition) is 0. The van der Waals surface area contributed by atoms with Crippen molar-refractivity contribution >= 4 is 28.3 Å². The van der Waals surface area contributed by atoms with Crippen LogP contribution in [0, 0.1) is 32.1 Å². The van der Waals surface area contributed by atoms with Crippen molar-refractivity contribution in [3.05, 3.63) is 64.5 Å². The molecule has 0 saturated carbocycles. The maximum Gasteiger partial charge on any atom is 0.196 e. The highest BCUT2D eigenvalue weighted by Crippen LogP contribution is 2.30. The SMILES string of the molecule is Cc1cc(C)c2c(c1)c(C)cc1nnc(SCc3ccc(C#N)cn3)n12. The van der Waals surface area contributed by atoms with Gasteiger partial charge in [-0.2, -0.15) is 5.26 Å². The Morgan fingerprint density at radius 1 is 1.08 bits per heavy atom. The fourth-order valence-electron chi connectivity index (χ4n) is 3.22. The van der Waals surface area contributed by atoms with E-state index >= 15 is 0 Å². The van der Waals surface area contributed by atoms with Gasteiger partial charge >= 0.3 is 0 Å². The van der Waals surface area contributed by atoms with Gasteiger partial charge in [0.1, 0.15) is 6.07 Å². The third-order valence-corrected chi connectivity index (χ3v) is 5.36. The predicted octanol–water partition coefficient (Wildman–Crippen LogP) is 4.37. The number of hydrogen-bond acceptors (Lipinski definition) is 5. The van der Waals surface area contributed by atoms with Crippen LogP contribution in [0.25, 0.3) is 16.6 Å². The van der Waals surface area contributed by atoms with E-state index in [1.807, 2.05) is 6.07 Å². The Balaban J connectivity index is 1.78. The van der Waals surface area contributed by atoms with Crippen LogP contribution in [0.4, 0.5) is 0 Å². The van der Waals surface area contributed by atoms with Crippen molar-refractivity contribution in [1.82, 2.24) is 19.6 Å². The quantitative estimate of drug-likeness (QED) is 0.508. The van der Waals surface area contributed by atoms with Gasteiger partial charge in [-0.3, -0.25) is 9.38 Å². The van der Waals surface area contributed by atoms with Crippen molar-refractivity contribution in [3.8, 4) is 6.07 Å². The highest BCUT2D eigenvalue weighted by atomic mass is 32.2. The monoisotopic (exact) mass is 359 g/mol. The minimum Gasteiger partial charge on any atom is -0.270 e. The van der Waals surface area contributed by atoms with Gasteiger partial charge in [0.25, 0.3) is 0 Å². The average Bonchev–Trinajstić information content (AvgIpc) is 3.03. The third kappa shape index (κ3) is 2.80. The van der Waals surface area contributed by atoms with E-state index in [0.717, 1.165) is 22.0 Å². The first-order valence-electron chi connectivity index (χ1n) is 8.30. The molecule has 0 saturated heterocycles. The van der Waals surface area contributed by atoms with Crippen LogP contribution in [-0.2, 0) is 5.75 Å². The largest absolute Gasteiger partial charge is 0.270 e. The van der Waals surface area contributed by atoms with Crippen molar-refractivity contribution < 1.29 is 0 Å². The van der Waals surface area contributed by atoms with Crippen LogP contribution >= 0.6 is 11.8 Å². The van der Waals surface area contributed by atoms with Crippen LogP contribution in [0.5, 0.6) is 0 Å². The number of fused-ring (bicyclic) bond motifs is 3. The van der Waals surface area contributed by atoms with Gasteiger partial charge in [-0.15, -0.1) is 10.2 Å². The lowest BCUT2D eigenvalue weighted by atomic mass is 10.0. The standard InChI is InChI=1S/C20H17N5S/c1-12-6-14(3)19-17(7-12)13(2)8-18-23-24-20(25(18)19)26-11-16-5-4-15(9-21)10-22-16/h4-8,10H,11H2,1-3H3. The lowest BCUT2D eigenvalue weighted by Gasteiger charge is -2.11. The van der Waals surface area contributed by atoms with E-state index in [4.69, 9.17) is 5.26 Å². The van der Waals surface area contributed by atoms with Gasteiger partial charge in [-0.1, -0.05) is 23.4 Å². The Kier molecular flexibility index (Phi) is 4.09. The summed E-state index contributed by atoms with van der Waals surface area (Å²) in [6.45, 7) is 6.36. The number of aryl methyl sites for hydroxylation is 3. The van der Waals surface area contributed by atoms with Crippen LogP contribution in [0.15, 0.2) is 41.7 Å². The molecule has 6 heteroatoms. The van der Waals surface area contributed by atoms with Crippen LogP contribution in [-0.4, -0.2) is 19.6 Å². The summed E-state index contributed by atoms with van der Waals surface area (Å²) in [4.78, 5) is 4.33. The van der Waals surface area contributed by atoms with Gasteiger partial charge in [0.15, 0.2) is 10.8 Å². The van der Waals surface area contributed by atoms with E-state index in [1.54, 1.807) is 24.0 Å². The number of rotatable bonds is 3. The molecule has 4 aromatic rings. The Morgan fingerprint density at radius 3 is 2.65 bits per heavy atom. The van der Waals surface area contributed by atoms with Crippen molar-refractivity contribution in [1.29, 1.82) is 5.26 Å². The molecule has 3 heterocycles. The minimum atomic E-state index is 0.569. The van der Waals surface area contributed by atoms with Crippen LogP contribution in [0.3, 0.4) is 0 Å².